The number of hydrogen-bond acceptors (Lipinski definition) is 6. The van der Waals surface area contributed by atoms with Gasteiger partial charge in [-0.15, -0.1) is 0 Å². The molecule has 0 fully saturated rings. The minimum absolute atomic E-state index is 0.0813. The Hall–Kier alpha value is -3.15. The van der Waals surface area contributed by atoms with Gasteiger partial charge in [-0.2, -0.15) is 0 Å². The third-order valence-electron chi connectivity index (χ3n) is 12.2. The SMILES string of the molecule is CC/C=C\C/C=C\C/C=C\C/C=C\C/C=C\CCCCCCCC(=O)OCC(COC(=O)CCCCCCCCCCCCC)OC(=O)CCCCCCCCC/C=C\CCCCCCCC. The molecule has 0 rings (SSSR count). The van der Waals surface area contributed by atoms with Gasteiger partial charge in [-0.25, -0.2) is 0 Å². The molecule has 67 heavy (non-hydrogen) atoms. The van der Waals surface area contributed by atoms with Crippen molar-refractivity contribution >= 4 is 17.9 Å². The Morgan fingerprint density at radius 3 is 0.925 bits per heavy atom. The van der Waals surface area contributed by atoms with Gasteiger partial charge in [0.25, 0.3) is 0 Å². The average Bonchev–Trinajstić information content (AvgIpc) is 3.33. The van der Waals surface area contributed by atoms with Gasteiger partial charge in [0.05, 0.1) is 0 Å². The van der Waals surface area contributed by atoms with Crippen molar-refractivity contribution in [2.45, 2.75) is 284 Å². The summed E-state index contributed by atoms with van der Waals surface area (Å²) in [6.45, 7) is 6.51. The van der Waals surface area contributed by atoms with Gasteiger partial charge in [0.1, 0.15) is 13.2 Å². The van der Waals surface area contributed by atoms with Crippen LogP contribution in [0.5, 0.6) is 0 Å². The summed E-state index contributed by atoms with van der Waals surface area (Å²) in [5.74, 6) is -0.898. The van der Waals surface area contributed by atoms with Crippen LogP contribution in [0.4, 0.5) is 0 Å². The van der Waals surface area contributed by atoms with Gasteiger partial charge < -0.3 is 14.2 Å². The summed E-state index contributed by atoms with van der Waals surface area (Å²) in [5.41, 5.74) is 0. The maximum atomic E-state index is 12.8. The van der Waals surface area contributed by atoms with Crippen LogP contribution in [0.2, 0.25) is 0 Å². The van der Waals surface area contributed by atoms with Crippen LogP contribution in [0.25, 0.3) is 0 Å². The molecule has 0 aliphatic carbocycles. The molecule has 1 atom stereocenters. The van der Waals surface area contributed by atoms with Crippen molar-refractivity contribution in [2.75, 3.05) is 13.2 Å². The number of carbonyl (C=O) groups excluding carboxylic acids is 3. The smallest absolute Gasteiger partial charge is 0.306 e. The van der Waals surface area contributed by atoms with E-state index < -0.39 is 6.10 Å². The molecule has 0 saturated heterocycles. The maximum absolute atomic E-state index is 12.8. The van der Waals surface area contributed by atoms with Gasteiger partial charge in [0.2, 0.25) is 0 Å². The summed E-state index contributed by atoms with van der Waals surface area (Å²) in [7, 11) is 0. The van der Waals surface area contributed by atoms with Gasteiger partial charge >= 0.3 is 17.9 Å². The second-order valence-corrected chi connectivity index (χ2v) is 18.8. The van der Waals surface area contributed by atoms with E-state index in [9.17, 15) is 14.4 Å². The molecule has 0 aromatic carbocycles. The summed E-state index contributed by atoms with van der Waals surface area (Å²) in [6.07, 6.45) is 70.3. The van der Waals surface area contributed by atoms with Gasteiger partial charge in [-0.05, 0) is 89.9 Å². The average molecular weight is 936 g/mol. The lowest BCUT2D eigenvalue weighted by molar-refractivity contribution is -0.167. The monoisotopic (exact) mass is 935 g/mol. The molecule has 6 nitrogen and oxygen atoms in total. The zero-order valence-corrected chi connectivity index (χ0v) is 44.2. The van der Waals surface area contributed by atoms with Crippen LogP contribution in [-0.2, 0) is 28.6 Å². The van der Waals surface area contributed by atoms with Gasteiger partial charge in [0.15, 0.2) is 6.10 Å². The van der Waals surface area contributed by atoms with Crippen molar-refractivity contribution in [1.29, 1.82) is 0 Å². The first-order valence-electron chi connectivity index (χ1n) is 28.4. The maximum Gasteiger partial charge on any atom is 0.306 e. The summed E-state index contributed by atoms with van der Waals surface area (Å²) in [5, 5.41) is 0. The Labute approximate surface area is 414 Å². The highest BCUT2D eigenvalue weighted by Gasteiger charge is 2.19. The van der Waals surface area contributed by atoms with Gasteiger partial charge in [-0.3, -0.25) is 14.4 Å². The topological polar surface area (TPSA) is 78.9 Å². The fraction of sp³-hybridized carbons (Fsp3) is 0.754. The molecule has 0 aliphatic heterocycles. The zero-order chi connectivity index (χ0) is 48.6. The molecular formula is C61H106O6. The molecule has 6 heteroatoms. The molecule has 0 bridgehead atoms. The van der Waals surface area contributed by atoms with Gasteiger partial charge in [-0.1, -0.05) is 241 Å². The van der Waals surface area contributed by atoms with Crippen molar-refractivity contribution in [3.63, 3.8) is 0 Å². The first-order chi connectivity index (χ1) is 33.0. The van der Waals surface area contributed by atoms with Crippen LogP contribution >= 0.6 is 0 Å². The standard InChI is InChI=1S/C61H106O6/c1-4-7-10-13-16-19-22-24-26-28-29-30-31-33-34-36-39-42-45-48-51-54-60(63)66-57-58(56-65-59(62)53-50-47-44-41-38-21-18-15-12-9-6-3)67-61(64)55-52-49-46-43-40-37-35-32-27-25-23-20-17-14-11-8-5-2/h7,10,16,19,24-27,29-30,33-34,58H,4-6,8-9,11-15,17-18,20-23,28,31-32,35-57H2,1-3H3/b10-7-,19-16-,26-24-,27-25-,30-29-,34-33-. The lowest BCUT2D eigenvalue weighted by Crippen LogP contribution is -2.30. The van der Waals surface area contributed by atoms with Crippen molar-refractivity contribution in [2.24, 2.45) is 0 Å². The molecule has 1 unspecified atom stereocenters. The molecule has 0 saturated carbocycles. The van der Waals surface area contributed by atoms with Crippen molar-refractivity contribution in [1.82, 2.24) is 0 Å². The summed E-state index contributed by atoms with van der Waals surface area (Å²) >= 11 is 0. The van der Waals surface area contributed by atoms with Crippen LogP contribution in [0.3, 0.4) is 0 Å². The number of ether oxygens (including phenoxy) is 3. The Kier molecular flexibility index (Phi) is 52.8. The van der Waals surface area contributed by atoms with E-state index in [4.69, 9.17) is 14.2 Å². The van der Waals surface area contributed by atoms with Gasteiger partial charge in [0, 0.05) is 19.3 Å². The minimum Gasteiger partial charge on any atom is -0.462 e. The van der Waals surface area contributed by atoms with Crippen molar-refractivity contribution in [3.8, 4) is 0 Å². The highest BCUT2D eigenvalue weighted by atomic mass is 16.6. The van der Waals surface area contributed by atoms with Crippen LogP contribution in [0.15, 0.2) is 72.9 Å². The molecular weight excluding hydrogens is 829 g/mol. The number of hydrogen-bond donors (Lipinski definition) is 0. The van der Waals surface area contributed by atoms with E-state index in [1.165, 1.54) is 128 Å². The second kappa shape index (κ2) is 55.4. The van der Waals surface area contributed by atoms with E-state index in [1.54, 1.807) is 0 Å². The quantitative estimate of drug-likeness (QED) is 0.0262. The first kappa shape index (κ1) is 63.8. The summed E-state index contributed by atoms with van der Waals surface area (Å²) < 4.78 is 16.8. The lowest BCUT2D eigenvalue weighted by atomic mass is 10.1. The third-order valence-corrected chi connectivity index (χ3v) is 12.2. The molecule has 0 N–H and O–H groups in total. The highest BCUT2D eigenvalue weighted by Crippen LogP contribution is 2.15. The van der Waals surface area contributed by atoms with Crippen LogP contribution in [-0.4, -0.2) is 37.2 Å². The fourth-order valence-corrected chi connectivity index (χ4v) is 7.93. The van der Waals surface area contributed by atoms with E-state index in [2.05, 4.69) is 93.7 Å². The molecule has 0 amide bonds. The molecule has 0 spiro atoms. The van der Waals surface area contributed by atoms with E-state index in [0.717, 1.165) is 109 Å². The number of unbranched alkanes of at least 4 members (excludes halogenated alkanes) is 28. The highest BCUT2D eigenvalue weighted by molar-refractivity contribution is 5.71. The predicted molar refractivity (Wildman–Crippen MR) is 288 cm³/mol. The molecule has 386 valence electrons. The lowest BCUT2D eigenvalue weighted by Gasteiger charge is -2.18. The van der Waals surface area contributed by atoms with Crippen molar-refractivity contribution in [3.05, 3.63) is 72.9 Å². The van der Waals surface area contributed by atoms with E-state index in [1.807, 2.05) is 0 Å². The Bertz CT molecular complexity index is 1260. The van der Waals surface area contributed by atoms with Crippen LogP contribution in [0.1, 0.15) is 278 Å². The predicted octanol–water partition coefficient (Wildman–Crippen LogP) is 19.0. The van der Waals surface area contributed by atoms with E-state index in [-0.39, 0.29) is 31.1 Å². The van der Waals surface area contributed by atoms with E-state index in [0.29, 0.717) is 19.3 Å². The number of esters is 3. The largest absolute Gasteiger partial charge is 0.462 e. The van der Waals surface area contributed by atoms with Crippen LogP contribution < -0.4 is 0 Å². The van der Waals surface area contributed by atoms with Crippen LogP contribution in [0, 0.1) is 0 Å². The number of carbonyl (C=O) groups is 3. The summed E-state index contributed by atoms with van der Waals surface area (Å²) in [4.78, 5) is 38.1. The normalized spacial score (nSPS) is 12.6. The Morgan fingerprint density at radius 2 is 0.582 bits per heavy atom. The van der Waals surface area contributed by atoms with E-state index >= 15 is 0 Å². The first-order valence-corrected chi connectivity index (χ1v) is 28.4. The third kappa shape index (κ3) is 53.7. The molecule has 0 heterocycles. The molecule has 0 aromatic rings. The zero-order valence-electron chi connectivity index (χ0n) is 44.2. The molecule has 0 aliphatic rings. The Morgan fingerprint density at radius 1 is 0.313 bits per heavy atom. The second-order valence-electron chi connectivity index (χ2n) is 18.8. The Balaban J connectivity index is 4.37. The molecule has 0 radical (unpaired) electrons. The fourth-order valence-electron chi connectivity index (χ4n) is 7.93. The minimum atomic E-state index is -0.784. The van der Waals surface area contributed by atoms with Crippen molar-refractivity contribution < 1.29 is 28.6 Å². The number of allylic oxidation sites excluding steroid dienone is 12. The number of rotatable bonds is 51. The molecule has 0 aromatic heterocycles. The summed E-state index contributed by atoms with van der Waals surface area (Å²) in [6, 6.07) is 0.